The number of carbonyl (C=O) groups is 1. The van der Waals surface area contributed by atoms with E-state index in [1.807, 2.05) is 0 Å². The molecule has 6 nitrogen and oxygen atoms in total. The Labute approximate surface area is 154 Å². The van der Waals surface area contributed by atoms with E-state index >= 15 is 0 Å². The molecule has 0 bridgehead atoms. The lowest BCUT2D eigenvalue weighted by atomic mass is 10.1. The Balaban J connectivity index is 3.41. The Morgan fingerprint density at radius 1 is 1.38 bits per heavy atom. The van der Waals surface area contributed by atoms with Crippen LogP contribution in [0.2, 0.25) is 0 Å². The Morgan fingerprint density at radius 3 is 2.58 bits per heavy atom. The highest BCUT2D eigenvalue weighted by Gasteiger charge is 2.31. The maximum absolute atomic E-state index is 12.4. The van der Waals surface area contributed by atoms with Gasteiger partial charge in [-0.1, -0.05) is 20.3 Å². The molecule has 0 heterocycles. The summed E-state index contributed by atoms with van der Waals surface area (Å²) in [6, 6.07) is 5.10. The van der Waals surface area contributed by atoms with Crippen molar-refractivity contribution in [2.45, 2.75) is 32.4 Å². The molecule has 134 valence electrons. The predicted octanol–water partition coefficient (Wildman–Crippen LogP) is 3.25. The normalized spacial score (nSPS) is 13.5. The molecule has 0 radical (unpaired) electrons. The molecule has 1 atom stereocenters. The fraction of sp³-hybridized carbons (Fsp3) is 0.500. The molecule has 1 rings (SSSR count). The highest BCUT2D eigenvalue weighted by molar-refractivity contribution is 9.10. The van der Waals surface area contributed by atoms with Crippen molar-refractivity contribution in [2.24, 2.45) is 4.40 Å². The molecule has 0 aromatic heterocycles. The molecule has 24 heavy (non-hydrogen) atoms. The molecular weight excluding hydrogens is 398 g/mol. The van der Waals surface area contributed by atoms with E-state index in [1.165, 1.54) is 7.11 Å². The molecular formula is C16H22BrNO5S. The Bertz CT molecular complexity index is 601. The van der Waals surface area contributed by atoms with Crippen molar-refractivity contribution in [3.05, 3.63) is 28.2 Å². The van der Waals surface area contributed by atoms with Crippen molar-refractivity contribution < 1.29 is 23.6 Å². The molecule has 0 amide bonds. The number of hydrogen-bond acceptors (Lipinski definition) is 6. The van der Waals surface area contributed by atoms with E-state index in [9.17, 15) is 9.35 Å². The van der Waals surface area contributed by atoms with Crippen molar-refractivity contribution in [1.82, 2.24) is 0 Å². The lowest BCUT2D eigenvalue weighted by Gasteiger charge is -2.19. The maximum atomic E-state index is 12.4. The summed E-state index contributed by atoms with van der Waals surface area (Å²) in [5, 5.41) is 0. The molecule has 1 aromatic rings. The van der Waals surface area contributed by atoms with E-state index in [4.69, 9.17) is 14.2 Å². The van der Waals surface area contributed by atoms with Gasteiger partial charge in [0.1, 0.15) is 21.9 Å². The van der Waals surface area contributed by atoms with Crippen molar-refractivity contribution in [3.8, 4) is 5.75 Å². The number of nitrogens with zero attached hydrogens (tertiary/aromatic N) is 1. The summed E-state index contributed by atoms with van der Waals surface area (Å²) in [7, 11) is 1.49. The van der Waals surface area contributed by atoms with Gasteiger partial charge in [-0.3, -0.25) is 0 Å². The van der Waals surface area contributed by atoms with Gasteiger partial charge in [0.15, 0.2) is 6.79 Å². The van der Waals surface area contributed by atoms with E-state index in [0.717, 1.165) is 4.47 Å². The predicted molar refractivity (Wildman–Crippen MR) is 97.7 cm³/mol. The number of methoxy groups -OCH3 is 1. The number of benzene rings is 1. The summed E-state index contributed by atoms with van der Waals surface area (Å²) in [4.78, 5) is 12.4. The monoisotopic (exact) mass is 419 g/mol. The topological polar surface area (TPSA) is 80.2 Å². The quantitative estimate of drug-likeness (QED) is 0.293. The molecule has 1 aromatic carbocycles. The summed E-state index contributed by atoms with van der Waals surface area (Å²) in [5.74, 6) is -0.270. The summed E-state index contributed by atoms with van der Waals surface area (Å²) >= 11 is 1.73. The number of ether oxygens (including phenoxy) is 3. The lowest BCUT2D eigenvalue weighted by Crippen LogP contribution is -2.29. The molecule has 0 aliphatic heterocycles. The van der Waals surface area contributed by atoms with Crippen LogP contribution in [0.1, 0.15) is 33.3 Å². The zero-order valence-corrected chi connectivity index (χ0v) is 16.8. The number of rotatable bonds is 7. The molecule has 0 unspecified atom stereocenters. The van der Waals surface area contributed by atoms with Crippen LogP contribution in [0.15, 0.2) is 27.1 Å². The number of halogens is 1. The zero-order valence-electron chi connectivity index (χ0n) is 14.4. The highest BCUT2D eigenvalue weighted by Crippen LogP contribution is 2.27. The number of carbonyl (C=O) groups excluding carboxylic acids is 1. The maximum Gasteiger partial charge on any atom is 0.362 e. The van der Waals surface area contributed by atoms with Crippen LogP contribution in [0.3, 0.4) is 0 Å². The van der Waals surface area contributed by atoms with Crippen molar-refractivity contribution >= 4 is 39.0 Å². The first-order valence-corrected chi connectivity index (χ1v) is 9.20. The van der Waals surface area contributed by atoms with Gasteiger partial charge in [0.25, 0.3) is 0 Å². The highest BCUT2D eigenvalue weighted by atomic mass is 79.9. The second kappa shape index (κ2) is 9.41. The van der Waals surface area contributed by atoms with Crippen LogP contribution in [0.25, 0.3) is 0 Å². The fourth-order valence-electron chi connectivity index (χ4n) is 1.55. The van der Waals surface area contributed by atoms with Gasteiger partial charge in [-0.2, -0.15) is 0 Å². The van der Waals surface area contributed by atoms with Gasteiger partial charge < -0.3 is 18.8 Å². The number of hydrogen-bond donors (Lipinski definition) is 0. The third-order valence-electron chi connectivity index (χ3n) is 2.70. The molecule has 0 spiro atoms. The first-order chi connectivity index (χ1) is 11.2. The lowest BCUT2D eigenvalue weighted by molar-refractivity contribution is -0.134. The van der Waals surface area contributed by atoms with Crippen molar-refractivity contribution in [2.75, 3.05) is 20.5 Å². The van der Waals surface area contributed by atoms with Gasteiger partial charge >= 0.3 is 5.97 Å². The van der Waals surface area contributed by atoms with E-state index in [1.54, 1.807) is 45.9 Å². The fourth-order valence-corrected chi connectivity index (χ4v) is 2.52. The average Bonchev–Trinajstić information content (AvgIpc) is 2.50. The Kier molecular flexibility index (Phi) is 8.21. The van der Waals surface area contributed by atoms with E-state index in [2.05, 4.69) is 20.3 Å². The molecule has 0 saturated carbocycles. The first-order valence-electron chi connectivity index (χ1n) is 7.30. The van der Waals surface area contributed by atoms with Gasteiger partial charge in [-0.05, 0) is 45.9 Å². The summed E-state index contributed by atoms with van der Waals surface area (Å²) in [6.45, 7) is 7.21. The van der Waals surface area contributed by atoms with E-state index in [0.29, 0.717) is 11.3 Å². The second-order valence-corrected chi connectivity index (χ2v) is 8.53. The Morgan fingerprint density at radius 2 is 2.04 bits per heavy atom. The van der Waals surface area contributed by atoms with Crippen molar-refractivity contribution in [3.63, 3.8) is 0 Å². The first kappa shape index (κ1) is 21.0. The van der Waals surface area contributed by atoms with Crippen LogP contribution in [0.5, 0.6) is 5.75 Å². The van der Waals surface area contributed by atoms with E-state index < -0.39 is 22.1 Å². The average molecular weight is 420 g/mol. The zero-order chi connectivity index (χ0) is 18.3. The Hall–Kier alpha value is -1.09. The van der Waals surface area contributed by atoms with Crippen LogP contribution < -0.4 is 4.74 Å². The molecule has 0 fully saturated rings. The molecule has 0 aliphatic rings. The van der Waals surface area contributed by atoms with Gasteiger partial charge in [0, 0.05) is 11.6 Å². The minimum absolute atomic E-state index is 0.00704. The summed E-state index contributed by atoms with van der Waals surface area (Å²) < 4.78 is 32.1. The van der Waals surface area contributed by atoms with Gasteiger partial charge in [0.2, 0.25) is 5.71 Å². The SMILES string of the molecule is CCOC(=O)/C(=N/[S@@+]([O-])C(C)(C)C)c1cc(Br)ccc1OCOC. The molecule has 0 N–H and O–H groups in total. The third kappa shape index (κ3) is 6.08. The number of esters is 1. The molecule has 0 saturated heterocycles. The summed E-state index contributed by atoms with van der Waals surface area (Å²) in [6.07, 6.45) is 0. The molecule has 0 aliphatic carbocycles. The van der Waals surface area contributed by atoms with Crippen LogP contribution in [-0.4, -0.2) is 41.5 Å². The molecule has 8 heteroatoms. The van der Waals surface area contributed by atoms with Crippen molar-refractivity contribution in [1.29, 1.82) is 0 Å². The van der Waals surface area contributed by atoms with Gasteiger partial charge in [-0.25, -0.2) is 4.79 Å². The third-order valence-corrected chi connectivity index (χ3v) is 4.59. The second-order valence-electron chi connectivity index (χ2n) is 5.71. The van der Waals surface area contributed by atoms with E-state index in [-0.39, 0.29) is 19.1 Å². The minimum atomic E-state index is -1.63. The smallest absolute Gasteiger partial charge is 0.362 e. The van der Waals surface area contributed by atoms with Gasteiger partial charge in [0.05, 0.1) is 12.2 Å². The van der Waals surface area contributed by atoms with Crippen LogP contribution in [0, 0.1) is 0 Å². The summed E-state index contributed by atoms with van der Waals surface area (Å²) in [5.41, 5.74) is 0.343. The van der Waals surface area contributed by atoms with Crippen LogP contribution in [0.4, 0.5) is 0 Å². The van der Waals surface area contributed by atoms with Crippen LogP contribution in [-0.2, 0) is 25.6 Å². The van der Waals surface area contributed by atoms with Gasteiger partial charge in [-0.15, -0.1) is 0 Å². The standard InChI is InChI=1S/C16H22BrNO5S/c1-6-22-15(19)14(18-24(20)16(2,3)4)12-9-11(17)7-8-13(12)23-10-21-5/h7-9H,6,10H2,1-5H3/b18-14+/t24-/m0/s1. The largest absolute Gasteiger partial charge is 0.591 e. The minimum Gasteiger partial charge on any atom is -0.591 e. The van der Waals surface area contributed by atoms with Crippen LogP contribution >= 0.6 is 15.9 Å².